The summed E-state index contributed by atoms with van der Waals surface area (Å²) in [6.45, 7) is 5.54. The van der Waals surface area contributed by atoms with Crippen LogP contribution in [0.5, 0.6) is 0 Å². The molecule has 1 saturated heterocycles. The fourth-order valence-corrected chi connectivity index (χ4v) is 2.15. The summed E-state index contributed by atoms with van der Waals surface area (Å²) < 4.78 is 2.17. The third kappa shape index (κ3) is 5.52. The van der Waals surface area contributed by atoms with Gasteiger partial charge in [0.25, 0.3) is 0 Å². The van der Waals surface area contributed by atoms with Crippen LogP contribution in [-0.2, 0) is 0 Å². The van der Waals surface area contributed by atoms with Crippen LogP contribution in [0.2, 0.25) is 0 Å². The van der Waals surface area contributed by atoms with Crippen LogP contribution in [0, 0.1) is 0 Å². The van der Waals surface area contributed by atoms with Crippen molar-refractivity contribution in [3.05, 3.63) is 19.4 Å². The lowest BCUT2D eigenvalue weighted by molar-refractivity contribution is 0.264. The lowest BCUT2D eigenvalue weighted by Crippen LogP contribution is -2.43. The van der Waals surface area contributed by atoms with Gasteiger partial charge in [0.05, 0.1) is 3.70 Å². The first-order valence-corrected chi connectivity index (χ1v) is 6.74. The maximum Gasteiger partial charge on any atom is 0.0706 e. The van der Waals surface area contributed by atoms with Gasteiger partial charge in [-0.2, -0.15) is 0 Å². The summed E-state index contributed by atoms with van der Waals surface area (Å²) in [7, 11) is 0. The second-order valence-electron chi connectivity index (χ2n) is 3.19. The van der Waals surface area contributed by atoms with E-state index in [1.165, 1.54) is 3.58 Å². The average molecular weight is 419 g/mol. The Morgan fingerprint density at radius 3 is 2.50 bits per heavy atom. The zero-order valence-corrected chi connectivity index (χ0v) is 12.3. The molecule has 0 unspecified atom stereocenters. The highest BCUT2D eigenvalue weighted by molar-refractivity contribution is 14.1. The Morgan fingerprint density at radius 1 is 1.29 bits per heavy atom. The first-order chi connectivity index (χ1) is 6.68. The van der Waals surface area contributed by atoms with Crippen molar-refractivity contribution in [2.45, 2.75) is 0 Å². The van der Waals surface area contributed by atoms with Gasteiger partial charge in [0.15, 0.2) is 0 Å². The highest BCUT2D eigenvalue weighted by atomic mass is 127. The maximum atomic E-state index is 5.55. The molecule has 0 aromatic carbocycles. The largest absolute Gasteiger partial charge is 0.394 e. The lowest BCUT2D eigenvalue weighted by atomic mass is 10.3. The van der Waals surface area contributed by atoms with Crippen LogP contribution in [0.15, 0.2) is 19.4 Å². The predicted molar refractivity (Wildman–Crippen MR) is 77.7 cm³/mol. The third-order valence-corrected chi connectivity index (χ3v) is 3.07. The smallest absolute Gasteiger partial charge is 0.0706 e. The van der Waals surface area contributed by atoms with E-state index >= 15 is 0 Å². The molecule has 0 radical (unpaired) electrons. The Kier molecular flexibility index (Phi) is 6.38. The van der Waals surface area contributed by atoms with E-state index in [0.717, 1.165) is 36.4 Å². The van der Waals surface area contributed by atoms with Crippen LogP contribution in [0.3, 0.4) is 0 Å². The molecular weight excluding hydrogens is 404 g/mol. The van der Waals surface area contributed by atoms with Gasteiger partial charge in [-0.25, -0.2) is 0 Å². The van der Waals surface area contributed by atoms with Gasteiger partial charge in [-0.05, 0) is 57.3 Å². The van der Waals surface area contributed by atoms with Crippen molar-refractivity contribution in [2.24, 2.45) is 5.73 Å². The predicted octanol–water partition coefficient (Wildman–Crippen LogP) is 1.45. The standard InChI is InChI=1S/C9H15I2N3/c10-8(1-2-9(11)12)7-14-5-3-13-4-6-14/h1-2,13H,3-7,12H2/b8-1-,9-2-. The fourth-order valence-electron chi connectivity index (χ4n) is 1.31. The number of allylic oxidation sites excluding steroid dienone is 2. The van der Waals surface area contributed by atoms with Crippen molar-refractivity contribution in [1.82, 2.24) is 10.2 Å². The van der Waals surface area contributed by atoms with Crippen molar-refractivity contribution >= 4 is 45.2 Å². The van der Waals surface area contributed by atoms with Crippen LogP contribution in [0.4, 0.5) is 0 Å². The summed E-state index contributed by atoms with van der Waals surface area (Å²) in [5.41, 5.74) is 5.55. The van der Waals surface area contributed by atoms with Crippen LogP contribution < -0.4 is 11.1 Å². The summed E-state index contributed by atoms with van der Waals surface area (Å²) in [5, 5.41) is 3.34. The number of hydrogen-bond donors (Lipinski definition) is 2. The molecule has 3 N–H and O–H groups in total. The van der Waals surface area contributed by atoms with Gasteiger partial charge in [-0.3, -0.25) is 4.90 Å². The van der Waals surface area contributed by atoms with Crippen LogP contribution in [0.25, 0.3) is 0 Å². The van der Waals surface area contributed by atoms with Crippen LogP contribution >= 0.6 is 45.2 Å². The average Bonchev–Trinajstić information content (AvgIpc) is 2.16. The number of nitrogens with two attached hydrogens (primary N) is 1. The minimum Gasteiger partial charge on any atom is -0.394 e. The van der Waals surface area contributed by atoms with Gasteiger partial charge in [0, 0.05) is 36.3 Å². The summed E-state index contributed by atoms with van der Waals surface area (Å²) in [6.07, 6.45) is 4.04. The Labute approximate surface area is 112 Å². The van der Waals surface area contributed by atoms with E-state index in [9.17, 15) is 0 Å². The van der Waals surface area contributed by atoms with E-state index < -0.39 is 0 Å². The lowest BCUT2D eigenvalue weighted by Gasteiger charge is -2.26. The fraction of sp³-hybridized carbons (Fsp3) is 0.556. The number of piperazine rings is 1. The molecule has 0 aromatic heterocycles. The Hall–Kier alpha value is 0.660. The maximum absolute atomic E-state index is 5.55. The van der Waals surface area contributed by atoms with Gasteiger partial charge in [0.1, 0.15) is 0 Å². The molecule has 0 atom stereocenters. The van der Waals surface area contributed by atoms with E-state index in [-0.39, 0.29) is 0 Å². The summed E-state index contributed by atoms with van der Waals surface area (Å²) in [5.74, 6) is 0. The van der Waals surface area contributed by atoms with E-state index in [0.29, 0.717) is 0 Å². The van der Waals surface area contributed by atoms with Crippen molar-refractivity contribution in [2.75, 3.05) is 32.7 Å². The first kappa shape index (κ1) is 12.7. The minimum absolute atomic E-state index is 0.831. The molecule has 0 amide bonds. The molecule has 1 rings (SSSR count). The Morgan fingerprint density at radius 2 is 1.93 bits per heavy atom. The molecule has 5 heteroatoms. The molecule has 0 bridgehead atoms. The molecule has 1 fully saturated rings. The molecule has 0 saturated carbocycles. The van der Waals surface area contributed by atoms with Gasteiger partial charge in [-0.1, -0.05) is 0 Å². The van der Waals surface area contributed by atoms with Crippen molar-refractivity contribution in [3.8, 4) is 0 Å². The van der Waals surface area contributed by atoms with E-state index in [2.05, 4.69) is 61.5 Å². The number of rotatable bonds is 3. The second-order valence-corrected chi connectivity index (χ2v) is 5.82. The SMILES string of the molecule is N/C(I)=C\C=C(/I)CN1CCNCC1. The number of nitrogens with one attached hydrogen (secondary N) is 1. The molecular formula is C9H15I2N3. The van der Waals surface area contributed by atoms with E-state index in [1.54, 1.807) is 0 Å². The molecule has 0 spiro atoms. The van der Waals surface area contributed by atoms with Crippen molar-refractivity contribution < 1.29 is 0 Å². The normalized spacial score (nSPS) is 21.3. The summed E-state index contributed by atoms with van der Waals surface area (Å²) >= 11 is 4.49. The van der Waals surface area contributed by atoms with Crippen molar-refractivity contribution in [3.63, 3.8) is 0 Å². The zero-order valence-electron chi connectivity index (χ0n) is 7.97. The van der Waals surface area contributed by atoms with Gasteiger partial charge < -0.3 is 11.1 Å². The monoisotopic (exact) mass is 419 g/mol. The molecule has 1 aliphatic heterocycles. The van der Waals surface area contributed by atoms with Gasteiger partial charge >= 0.3 is 0 Å². The highest BCUT2D eigenvalue weighted by Crippen LogP contribution is 2.10. The molecule has 0 aromatic rings. The third-order valence-electron chi connectivity index (χ3n) is 2.01. The number of nitrogens with zero attached hydrogens (tertiary/aromatic N) is 1. The molecule has 14 heavy (non-hydrogen) atoms. The number of halogens is 2. The molecule has 0 aliphatic carbocycles. The van der Waals surface area contributed by atoms with E-state index in [1.807, 2.05) is 6.08 Å². The van der Waals surface area contributed by atoms with E-state index in [4.69, 9.17) is 5.73 Å². The van der Waals surface area contributed by atoms with Crippen LogP contribution in [0.1, 0.15) is 0 Å². The quantitative estimate of drug-likeness (QED) is 0.414. The molecule has 1 aliphatic rings. The van der Waals surface area contributed by atoms with Crippen LogP contribution in [-0.4, -0.2) is 37.6 Å². The highest BCUT2D eigenvalue weighted by Gasteiger charge is 2.09. The summed E-state index contributed by atoms with van der Waals surface area (Å²) in [6, 6.07) is 0. The Balaban J connectivity index is 2.34. The number of hydrogen-bond acceptors (Lipinski definition) is 3. The van der Waals surface area contributed by atoms with Gasteiger partial charge in [-0.15, -0.1) is 0 Å². The molecule has 80 valence electrons. The molecule has 3 nitrogen and oxygen atoms in total. The minimum atomic E-state index is 0.831. The topological polar surface area (TPSA) is 41.3 Å². The second kappa shape index (κ2) is 7.02. The van der Waals surface area contributed by atoms with Crippen molar-refractivity contribution in [1.29, 1.82) is 0 Å². The molecule has 1 heterocycles. The Bertz CT molecular complexity index is 228. The van der Waals surface area contributed by atoms with Gasteiger partial charge in [0.2, 0.25) is 0 Å². The summed E-state index contributed by atoms with van der Waals surface area (Å²) in [4.78, 5) is 2.45. The first-order valence-electron chi connectivity index (χ1n) is 4.59. The zero-order chi connectivity index (χ0) is 10.4.